The van der Waals surface area contributed by atoms with Crippen LogP contribution in [0, 0.1) is 0 Å². The molecule has 0 heterocycles. The molecule has 0 bridgehead atoms. The molecule has 0 saturated heterocycles. The Morgan fingerprint density at radius 3 is 2.11 bits per heavy atom. The number of halogens is 1. The van der Waals surface area contributed by atoms with Crippen LogP contribution in [-0.4, -0.2) is 64.2 Å². The summed E-state index contributed by atoms with van der Waals surface area (Å²) in [6, 6.07) is 7.53. The lowest BCUT2D eigenvalue weighted by molar-refractivity contribution is 0.101. The third-order valence-corrected chi connectivity index (χ3v) is 3.42. The molecule has 7 nitrogen and oxygen atoms in total. The zero-order valence-corrected chi connectivity index (χ0v) is 18.6. The lowest BCUT2D eigenvalue weighted by Gasteiger charge is -2.24. The van der Waals surface area contributed by atoms with Gasteiger partial charge < -0.3 is 25.4 Å². The molecule has 27 heavy (non-hydrogen) atoms. The summed E-state index contributed by atoms with van der Waals surface area (Å²) in [4.78, 5) is 19.8. The number of aliphatic hydroxyl groups excluding tert-OH is 1. The zero-order valence-electron chi connectivity index (χ0n) is 16.1. The topological polar surface area (TPSA) is 91.4 Å². The van der Waals surface area contributed by atoms with E-state index < -0.39 is 5.17 Å². The zero-order chi connectivity index (χ0) is 20.3. The summed E-state index contributed by atoms with van der Waals surface area (Å²) in [5.41, 5.74) is 5.52. The van der Waals surface area contributed by atoms with Crippen molar-refractivity contribution in [1.82, 2.24) is 9.80 Å². The predicted octanol–water partition coefficient (Wildman–Crippen LogP) is 3.29. The van der Waals surface area contributed by atoms with Gasteiger partial charge in [0.25, 0.3) is 16.4 Å². The van der Waals surface area contributed by atoms with Crippen molar-refractivity contribution in [1.29, 1.82) is 0 Å². The molecule has 152 valence electrons. The number of carbonyl (C=O) groups excluding carboxylic acids is 1. The normalized spacial score (nSPS) is 9.89. The number of nitrogens with two attached hydrogens (primary N) is 1. The molecule has 1 aromatic carbocycles. The lowest BCUT2D eigenvalue weighted by Crippen LogP contribution is -2.36. The monoisotopic (exact) mass is 434 g/mol. The van der Waals surface area contributed by atoms with Crippen molar-refractivity contribution >= 4 is 64.7 Å². The first-order valence-electron chi connectivity index (χ1n) is 7.95. The van der Waals surface area contributed by atoms with E-state index in [0.29, 0.717) is 22.4 Å². The Labute approximate surface area is 177 Å². The number of amidine groups is 1. The van der Waals surface area contributed by atoms with E-state index in [1.54, 1.807) is 17.0 Å². The molecule has 0 atom stereocenters. The van der Waals surface area contributed by atoms with Gasteiger partial charge in [-0.1, -0.05) is 12.1 Å². The standard InChI is InChI=1S/C16H23N3O2S.CH3NOS.ClH/c1-6-19(7-2)16(22)21-15(18(4)5)17-14-11-9-8-10-13(14)12(3)20;2-1(3)4;/h8-11H,6-7H2,1-5H3;(H3,2,3,4);1H. The number of carbonyl (C=O) groups is 1. The van der Waals surface area contributed by atoms with Gasteiger partial charge in [-0.05, 0) is 57.3 Å². The summed E-state index contributed by atoms with van der Waals surface area (Å²) in [6.45, 7) is 7.07. The number of aliphatic hydroxyl groups is 1. The lowest BCUT2D eigenvalue weighted by atomic mass is 10.1. The molecule has 0 amide bonds. The smallest absolute Gasteiger partial charge is 0.299 e. The predicted molar refractivity (Wildman–Crippen MR) is 120 cm³/mol. The van der Waals surface area contributed by atoms with Crippen LogP contribution in [0.15, 0.2) is 29.3 Å². The summed E-state index contributed by atoms with van der Waals surface area (Å²) in [7, 11) is 3.64. The minimum Gasteiger partial charge on any atom is -0.487 e. The van der Waals surface area contributed by atoms with E-state index in [2.05, 4.69) is 22.9 Å². The van der Waals surface area contributed by atoms with Gasteiger partial charge in [0.1, 0.15) is 0 Å². The molecule has 0 radical (unpaired) electrons. The largest absolute Gasteiger partial charge is 0.487 e. The van der Waals surface area contributed by atoms with E-state index in [4.69, 9.17) is 22.1 Å². The summed E-state index contributed by atoms with van der Waals surface area (Å²) in [5, 5.41) is 7.44. The van der Waals surface area contributed by atoms with Gasteiger partial charge in [0, 0.05) is 32.7 Å². The SMILES string of the molecule is CCN(CC)C(=S)OC(=Nc1ccccc1C(C)=O)N(C)C.Cl.NC(O)=S. The Kier molecular flexibility index (Phi) is 14.3. The van der Waals surface area contributed by atoms with Crippen LogP contribution in [0.5, 0.6) is 0 Å². The van der Waals surface area contributed by atoms with Crippen molar-refractivity contribution in [3.05, 3.63) is 29.8 Å². The Morgan fingerprint density at radius 1 is 1.22 bits per heavy atom. The number of benzene rings is 1. The Bertz CT molecular complexity index is 661. The van der Waals surface area contributed by atoms with Crippen molar-refractivity contribution in [2.45, 2.75) is 20.8 Å². The van der Waals surface area contributed by atoms with E-state index in [0.717, 1.165) is 13.1 Å². The molecule has 0 spiro atoms. The highest BCUT2D eigenvalue weighted by Gasteiger charge is 2.14. The molecule has 10 heteroatoms. The Balaban J connectivity index is 0. The number of aliphatic imine (C=N–C) groups is 1. The second-order valence-electron chi connectivity index (χ2n) is 5.24. The Morgan fingerprint density at radius 2 is 1.70 bits per heavy atom. The highest BCUT2D eigenvalue weighted by Crippen LogP contribution is 2.20. The molecule has 0 aromatic heterocycles. The first kappa shape index (κ1) is 27.3. The molecule has 0 fully saturated rings. The van der Waals surface area contributed by atoms with Gasteiger partial charge in [-0.25, -0.2) is 0 Å². The van der Waals surface area contributed by atoms with Crippen molar-refractivity contribution in [3.63, 3.8) is 0 Å². The third kappa shape index (κ3) is 10.7. The summed E-state index contributed by atoms with van der Waals surface area (Å²) < 4.78 is 5.72. The van der Waals surface area contributed by atoms with Crippen LogP contribution in [0.25, 0.3) is 0 Å². The van der Waals surface area contributed by atoms with Crippen molar-refractivity contribution in [2.75, 3.05) is 27.2 Å². The summed E-state index contributed by atoms with van der Waals surface area (Å²) >= 11 is 9.17. The van der Waals surface area contributed by atoms with Gasteiger partial charge in [0.05, 0.1) is 5.69 Å². The second-order valence-corrected chi connectivity index (χ2v) is 6.01. The maximum Gasteiger partial charge on any atom is 0.299 e. The van der Waals surface area contributed by atoms with Crippen LogP contribution in [0.3, 0.4) is 0 Å². The minimum atomic E-state index is -0.500. The van der Waals surface area contributed by atoms with Gasteiger partial charge in [0.15, 0.2) is 5.78 Å². The van der Waals surface area contributed by atoms with E-state index in [-0.39, 0.29) is 18.2 Å². The summed E-state index contributed by atoms with van der Waals surface area (Å²) in [5.74, 6) is -0.0382. The first-order chi connectivity index (χ1) is 12.1. The fraction of sp³-hybridized carbons (Fsp3) is 0.412. The molecule has 0 saturated carbocycles. The van der Waals surface area contributed by atoms with Crippen molar-refractivity contribution in [3.8, 4) is 0 Å². The van der Waals surface area contributed by atoms with E-state index in [9.17, 15) is 4.79 Å². The maximum atomic E-state index is 11.7. The summed E-state index contributed by atoms with van der Waals surface area (Å²) in [6.07, 6.45) is 0. The van der Waals surface area contributed by atoms with Gasteiger partial charge in [-0.2, -0.15) is 4.99 Å². The number of thiocarbonyl (C=S) groups is 2. The molecule has 0 unspecified atom stereocenters. The quantitative estimate of drug-likeness (QED) is 0.323. The molecule has 3 N–H and O–H groups in total. The van der Waals surface area contributed by atoms with Crippen molar-refractivity contribution < 1.29 is 14.6 Å². The molecule has 1 aromatic rings. The van der Waals surface area contributed by atoms with Crippen LogP contribution < -0.4 is 5.73 Å². The third-order valence-electron chi connectivity index (χ3n) is 3.08. The minimum absolute atomic E-state index is 0. The number of hydrogen-bond acceptors (Lipinski definition) is 5. The van der Waals surface area contributed by atoms with Gasteiger partial charge in [-0.15, -0.1) is 12.4 Å². The van der Waals surface area contributed by atoms with Crippen LogP contribution in [0.1, 0.15) is 31.1 Å². The van der Waals surface area contributed by atoms with Crippen molar-refractivity contribution in [2.24, 2.45) is 10.7 Å². The van der Waals surface area contributed by atoms with Crippen LogP contribution in [0.2, 0.25) is 0 Å². The fourth-order valence-corrected chi connectivity index (χ4v) is 2.14. The number of Topliss-reactive ketones (excluding diaryl/α,β-unsaturated/α-hetero) is 1. The van der Waals surface area contributed by atoms with Crippen LogP contribution in [-0.2, 0) is 4.74 Å². The number of rotatable bonds is 4. The number of ketones is 1. The van der Waals surface area contributed by atoms with Gasteiger partial charge in [0.2, 0.25) is 0 Å². The average molecular weight is 435 g/mol. The molecular weight excluding hydrogens is 408 g/mol. The first-order valence-corrected chi connectivity index (χ1v) is 8.76. The Hall–Kier alpha value is -1.97. The van der Waals surface area contributed by atoms with Crippen LogP contribution in [0.4, 0.5) is 5.69 Å². The van der Waals surface area contributed by atoms with Crippen LogP contribution >= 0.6 is 36.8 Å². The second kappa shape index (κ2) is 14.1. The fourth-order valence-electron chi connectivity index (χ4n) is 1.81. The molecule has 0 aliphatic carbocycles. The molecule has 1 rings (SSSR count). The molecule has 0 aliphatic rings. The average Bonchev–Trinajstić information content (AvgIpc) is 2.55. The number of para-hydroxylation sites is 1. The highest BCUT2D eigenvalue weighted by atomic mass is 35.5. The van der Waals surface area contributed by atoms with E-state index >= 15 is 0 Å². The highest BCUT2D eigenvalue weighted by molar-refractivity contribution is 7.80. The molecule has 0 aliphatic heterocycles. The van der Waals surface area contributed by atoms with E-state index in [1.165, 1.54) is 6.92 Å². The number of ether oxygens (including phenoxy) is 1. The van der Waals surface area contributed by atoms with E-state index in [1.807, 2.05) is 45.0 Å². The van der Waals surface area contributed by atoms with Gasteiger partial charge >= 0.3 is 0 Å². The van der Waals surface area contributed by atoms with Gasteiger partial charge in [-0.3, -0.25) is 4.79 Å². The number of hydrogen-bond donors (Lipinski definition) is 2. The molecular formula is C17H27ClN4O3S2. The maximum absolute atomic E-state index is 11.7. The number of nitrogens with zero attached hydrogens (tertiary/aromatic N) is 3.